The number of fused-ring (bicyclic) bond motifs is 1. The minimum atomic E-state index is -4.63. The Kier molecular flexibility index (Phi) is 4.31. The number of aromatic amines is 1. The van der Waals surface area contributed by atoms with Crippen LogP contribution in [0.25, 0.3) is 10.9 Å². The van der Waals surface area contributed by atoms with Crippen LogP contribution in [0.3, 0.4) is 0 Å². The minimum Gasteiger partial charge on any atom is -0.322 e. The van der Waals surface area contributed by atoms with Gasteiger partial charge in [0, 0.05) is 16.6 Å². The van der Waals surface area contributed by atoms with E-state index in [0.717, 1.165) is 23.1 Å². The lowest BCUT2D eigenvalue weighted by atomic mass is 10.0. The van der Waals surface area contributed by atoms with E-state index in [1.165, 1.54) is 18.2 Å². The van der Waals surface area contributed by atoms with E-state index in [2.05, 4.69) is 10.3 Å². The number of aryl methyl sites for hydroxylation is 1. The van der Waals surface area contributed by atoms with Crippen molar-refractivity contribution in [1.29, 1.82) is 0 Å². The van der Waals surface area contributed by atoms with E-state index in [9.17, 15) is 22.8 Å². The monoisotopic (exact) mass is 360 g/mol. The number of anilines is 1. The second-order valence-electron chi connectivity index (χ2n) is 5.96. The number of hydrogen-bond acceptors (Lipinski definition) is 2. The molecule has 0 unspecified atom stereocenters. The van der Waals surface area contributed by atoms with Gasteiger partial charge in [-0.15, -0.1) is 0 Å². The van der Waals surface area contributed by atoms with Gasteiger partial charge in [0.15, 0.2) is 0 Å². The summed E-state index contributed by atoms with van der Waals surface area (Å²) in [4.78, 5) is 26.9. The Bertz CT molecular complexity index is 1070. The first-order valence-electron chi connectivity index (χ1n) is 7.79. The van der Waals surface area contributed by atoms with Crippen molar-refractivity contribution in [2.45, 2.75) is 20.0 Å². The van der Waals surface area contributed by atoms with E-state index in [1.807, 2.05) is 6.92 Å². The summed E-state index contributed by atoms with van der Waals surface area (Å²) in [5.74, 6) is -0.872. The molecule has 26 heavy (non-hydrogen) atoms. The van der Waals surface area contributed by atoms with Gasteiger partial charge in [-0.3, -0.25) is 9.59 Å². The SMILES string of the molecule is Cc1c(C)c2ccc(NC(=O)c3ccccc3C(F)(F)F)cc2[nH]c1=O. The summed E-state index contributed by atoms with van der Waals surface area (Å²) in [5, 5.41) is 3.26. The number of amides is 1. The lowest BCUT2D eigenvalue weighted by Crippen LogP contribution is -2.18. The van der Waals surface area contributed by atoms with Crippen LogP contribution in [-0.2, 0) is 6.18 Å². The fourth-order valence-electron chi connectivity index (χ4n) is 2.77. The summed E-state index contributed by atoms with van der Waals surface area (Å²) in [5.41, 5.74) is 0.476. The smallest absolute Gasteiger partial charge is 0.322 e. The molecule has 0 saturated carbocycles. The van der Waals surface area contributed by atoms with Crippen LogP contribution in [0, 0.1) is 13.8 Å². The Morgan fingerprint density at radius 2 is 1.73 bits per heavy atom. The molecule has 134 valence electrons. The van der Waals surface area contributed by atoms with Crippen LogP contribution >= 0.6 is 0 Å². The topological polar surface area (TPSA) is 62.0 Å². The number of benzene rings is 2. The van der Waals surface area contributed by atoms with Crippen molar-refractivity contribution in [1.82, 2.24) is 4.98 Å². The van der Waals surface area contributed by atoms with Gasteiger partial charge in [0.25, 0.3) is 11.5 Å². The highest BCUT2D eigenvalue weighted by Gasteiger charge is 2.34. The van der Waals surface area contributed by atoms with E-state index in [1.54, 1.807) is 19.1 Å². The van der Waals surface area contributed by atoms with E-state index < -0.39 is 23.2 Å². The van der Waals surface area contributed by atoms with Gasteiger partial charge >= 0.3 is 6.18 Å². The van der Waals surface area contributed by atoms with Crippen molar-refractivity contribution in [3.8, 4) is 0 Å². The number of nitrogens with one attached hydrogen (secondary N) is 2. The van der Waals surface area contributed by atoms with Crippen LogP contribution < -0.4 is 10.9 Å². The molecule has 0 saturated heterocycles. The molecular formula is C19H15F3N2O2. The fourth-order valence-corrected chi connectivity index (χ4v) is 2.77. The molecule has 0 aliphatic carbocycles. The highest BCUT2D eigenvalue weighted by molar-refractivity contribution is 6.06. The Hall–Kier alpha value is -3.09. The molecule has 4 nitrogen and oxygen atoms in total. The van der Waals surface area contributed by atoms with Crippen molar-refractivity contribution >= 4 is 22.5 Å². The summed E-state index contributed by atoms with van der Waals surface area (Å²) in [6.07, 6.45) is -4.63. The molecule has 7 heteroatoms. The number of halogens is 3. The van der Waals surface area contributed by atoms with E-state index in [4.69, 9.17) is 0 Å². The Morgan fingerprint density at radius 3 is 2.42 bits per heavy atom. The third-order valence-electron chi connectivity index (χ3n) is 4.31. The molecule has 0 aliphatic heterocycles. The van der Waals surface area contributed by atoms with Gasteiger partial charge in [0.2, 0.25) is 0 Å². The molecule has 0 bridgehead atoms. The van der Waals surface area contributed by atoms with E-state index in [0.29, 0.717) is 16.8 Å². The number of aromatic nitrogens is 1. The van der Waals surface area contributed by atoms with Gasteiger partial charge in [0.05, 0.1) is 16.6 Å². The molecular weight excluding hydrogens is 345 g/mol. The molecule has 0 spiro atoms. The lowest BCUT2D eigenvalue weighted by molar-refractivity contribution is -0.137. The van der Waals surface area contributed by atoms with Crippen LogP contribution in [0.2, 0.25) is 0 Å². The zero-order valence-electron chi connectivity index (χ0n) is 14.0. The van der Waals surface area contributed by atoms with Gasteiger partial charge in [-0.1, -0.05) is 18.2 Å². The molecule has 3 aromatic rings. The number of alkyl halides is 3. The van der Waals surface area contributed by atoms with Crippen molar-refractivity contribution < 1.29 is 18.0 Å². The van der Waals surface area contributed by atoms with Gasteiger partial charge in [-0.25, -0.2) is 0 Å². The van der Waals surface area contributed by atoms with E-state index >= 15 is 0 Å². The van der Waals surface area contributed by atoms with Crippen molar-refractivity contribution in [3.05, 3.63) is 75.1 Å². The van der Waals surface area contributed by atoms with Crippen LogP contribution in [-0.4, -0.2) is 10.9 Å². The lowest BCUT2D eigenvalue weighted by Gasteiger charge is -2.13. The summed E-state index contributed by atoms with van der Waals surface area (Å²) in [6.45, 7) is 3.52. The second kappa shape index (κ2) is 6.33. The Morgan fingerprint density at radius 1 is 1.04 bits per heavy atom. The largest absolute Gasteiger partial charge is 0.417 e. The summed E-state index contributed by atoms with van der Waals surface area (Å²) < 4.78 is 39.2. The molecule has 1 amide bonds. The first-order valence-corrected chi connectivity index (χ1v) is 7.79. The van der Waals surface area contributed by atoms with Crippen LogP contribution in [0.4, 0.5) is 18.9 Å². The summed E-state index contributed by atoms with van der Waals surface area (Å²) >= 11 is 0. The number of H-pyrrole nitrogens is 1. The molecule has 0 aliphatic rings. The van der Waals surface area contributed by atoms with Crippen LogP contribution in [0.5, 0.6) is 0 Å². The fraction of sp³-hybridized carbons (Fsp3) is 0.158. The molecule has 0 radical (unpaired) electrons. The maximum atomic E-state index is 13.1. The maximum Gasteiger partial charge on any atom is 0.417 e. The summed E-state index contributed by atoms with van der Waals surface area (Å²) in [7, 11) is 0. The Balaban J connectivity index is 1.99. The zero-order valence-corrected chi connectivity index (χ0v) is 14.0. The van der Waals surface area contributed by atoms with Gasteiger partial charge in [-0.2, -0.15) is 13.2 Å². The quantitative estimate of drug-likeness (QED) is 0.711. The first-order chi connectivity index (χ1) is 12.2. The molecule has 1 heterocycles. The standard InChI is InChI=1S/C19H15F3N2O2/c1-10-11(2)17(25)24-16-9-12(7-8-13(10)16)23-18(26)14-5-3-4-6-15(14)19(20,21)22/h3-9H,1-2H3,(H,23,26)(H,24,25). The third-order valence-corrected chi connectivity index (χ3v) is 4.31. The van der Waals surface area contributed by atoms with Gasteiger partial charge in [-0.05, 0) is 43.7 Å². The average Bonchev–Trinajstić information content (AvgIpc) is 2.59. The molecule has 0 fully saturated rings. The predicted octanol–water partition coefficient (Wildman–Crippen LogP) is 4.42. The normalized spacial score (nSPS) is 11.6. The maximum absolute atomic E-state index is 13.1. The van der Waals surface area contributed by atoms with Gasteiger partial charge in [0.1, 0.15) is 0 Å². The number of hydrogen-bond donors (Lipinski definition) is 2. The zero-order chi connectivity index (χ0) is 19.1. The van der Waals surface area contributed by atoms with Crippen LogP contribution in [0.1, 0.15) is 27.0 Å². The number of carbonyl (C=O) groups is 1. The minimum absolute atomic E-state index is 0.249. The molecule has 3 rings (SSSR count). The van der Waals surface area contributed by atoms with Gasteiger partial charge < -0.3 is 10.3 Å². The molecule has 0 atom stereocenters. The van der Waals surface area contributed by atoms with Crippen molar-refractivity contribution in [3.63, 3.8) is 0 Å². The number of pyridine rings is 1. The average molecular weight is 360 g/mol. The Labute approximate surface area is 146 Å². The second-order valence-corrected chi connectivity index (χ2v) is 5.96. The van der Waals surface area contributed by atoms with Crippen molar-refractivity contribution in [2.24, 2.45) is 0 Å². The number of carbonyl (C=O) groups excluding carboxylic acids is 1. The molecule has 1 aromatic heterocycles. The van der Waals surface area contributed by atoms with E-state index in [-0.39, 0.29) is 5.56 Å². The molecule has 2 N–H and O–H groups in total. The molecule has 2 aromatic carbocycles. The summed E-state index contributed by atoms with van der Waals surface area (Å²) in [6, 6.07) is 9.39. The number of rotatable bonds is 2. The predicted molar refractivity (Wildman–Crippen MR) is 93.4 cm³/mol. The highest BCUT2D eigenvalue weighted by atomic mass is 19.4. The van der Waals surface area contributed by atoms with Crippen LogP contribution in [0.15, 0.2) is 47.3 Å². The third kappa shape index (κ3) is 3.20. The van der Waals surface area contributed by atoms with Crippen molar-refractivity contribution in [2.75, 3.05) is 5.32 Å². The highest BCUT2D eigenvalue weighted by Crippen LogP contribution is 2.32. The first kappa shape index (κ1) is 17.7.